The van der Waals surface area contributed by atoms with Gasteiger partial charge in [-0.25, -0.2) is 5.43 Å². The average Bonchev–Trinajstić information content (AvgIpc) is 2.89. The summed E-state index contributed by atoms with van der Waals surface area (Å²) in [7, 11) is 0. The van der Waals surface area contributed by atoms with Crippen molar-refractivity contribution in [2.24, 2.45) is 5.10 Å². The molecule has 1 N–H and O–H groups in total. The third-order valence-electron chi connectivity index (χ3n) is 4.02. The Bertz CT molecular complexity index is 1000. The quantitative estimate of drug-likeness (QED) is 0.336. The number of aromatic nitrogens is 1. The van der Waals surface area contributed by atoms with Crippen molar-refractivity contribution in [2.75, 3.05) is 0 Å². The van der Waals surface area contributed by atoms with Crippen molar-refractivity contribution in [3.63, 3.8) is 0 Å². The molecule has 0 bridgehead atoms. The molecule has 1 amide bonds. The number of alkyl halides is 7. The van der Waals surface area contributed by atoms with Crippen LogP contribution in [0.15, 0.2) is 29.4 Å². The lowest BCUT2D eigenvalue weighted by atomic mass is 10.1. The standard InChI is InChI=1S/C17H12Cl2F7N3O/c1-8-5-10(9(2)29(8)13-6-11(18)3-4-12(13)19)7-27-28-14(30)15(20,21)16(22,23)17(24,25)26/h3-7H,1-2H3,(H,28,30). The molecule has 1 heterocycles. The zero-order valence-electron chi connectivity index (χ0n) is 15.1. The van der Waals surface area contributed by atoms with Crippen LogP contribution in [0.3, 0.4) is 0 Å². The number of rotatable bonds is 5. The molecule has 1 aromatic heterocycles. The van der Waals surface area contributed by atoms with Crippen molar-refractivity contribution < 1.29 is 35.5 Å². The minimum Gasteiger partial charge on any atom is -0.316 e. The molecule has 2 aromatic rings. The number of nitrogens with zero attached hydrogens (tertiary/aromatic N) is 2. The number of nitrogens with one attached hydrogen (secondary N) is 1. The zero-order valence-corrected chi connectivity index (χ0v) is 16.6. The highest BCUT2D eigenvalue weighted by Crippen LogP contribution is 2.46. The molecule has 4 nitrogen and oxygen atoms in total. The van der Waals surface area contributed by atoms with E-state index < -0.39 is 23.9 Å². The summed E-state index contributed by atoms with van der Waals surface area (Å²) in [6.45, 7) is 3.22. The van der Waals surface area contributed by atoms with E-state index in [4.69, 9.17) is 23.2 Å². The van der Waals surface area contributed by atoms with Gasteiger partial charge in [0.2, 0.25) is 0 Å². The molecule has 0 radical (unpaired) electrons. The van der Waals surface area contributed by atoms with Crippen LogP contribution in [0.5, 0.6) is 0 Å². The van der Waals surface area contributed by atoms with Crippen LogP contribution in [-0.4, -0.2) is 34.7 Å². The third-order valence-corrected chi connectivity index (χ3v) is 4.58. The highest BCUT2D eigenvalue weighted by molar-refractivity contribution is 6.34. The van der Waals surface area contributed by atoms with Gasteiger partial charge in [-0.2, -0.15) is 35.8 Å². The molecule has 0 aliphatic heterocycles. The Labute approximate surface area is 175 Å². The SMILES string of the molecule is Cc1cc(C=NNC(=O)C(F)(F)C(F)(F)C(F)(F)F)c(C)n1-c1cc(Cl)ccc1Cl. The second-order valence-electron chi connectivity index (χ2n) is 6.10. The van der Waals surface area contributed by atoms with E-state index in [1.54, 1.807) is 30.5 Å². The number of hydrazone groups is 1. The fourth-order valence-electron chi connectivity index (χ4n) is 2.50. The lowest BCUT2D eigenvalue weighted by Crippen LogP contribution is -2.58. The van der Waals surface area contributed by atoms with Crippen LogP contribution in [-0.2, 0) is 4.79 Å². The summed E-state index contributed by atoms with van der Waals surface area (Å²) >= 11 is 12.1. The Balaban J connectivity index is 2.28. The molecule has 0 saturated carbocycles. The molecule has 0 fully saturated rings. The number of carbonyl (C=O) groups is 1. The molecule has 0 saturated heterocycles. The highest BCUT2D eigenvalue weighted by atomic mass is 35.5. The van der Waals surface area contributed by atoms with Crippen molar-refractivity contribution in [2.45, 2.75) is 31.9 Å². The molecule has 0 atom stereocenters. The maximum atomic E-state index is 13.3. The average molecular weight is 478 g/mol. The lowest BCUT2D eigenvalue weighted by molar-refractivity contribution is -0.344. The second-order valence-corrected chi connectivity index (χ2v) is 6.95. The van der Waals surface area contributed by atoms with E-state index >= 15 is 0 Å². The number of hydrogen-bond acceptors (Lipinski definition) is 2. The van der Waals surface area contributed by atoms with Crippen LogP contribution in [0.4, 0.5) is 30.7 Å². The number of hydrogen-bond donors (Lipinski definition) is 1. The van der Waals surface area contributed by atoms with Crippen LogP contribution in [0.1, 0.15) is 17.0 Å². The first-order chi connectivity index (χ1) is 13.6. The molecule has 0 unspecified atom stereocenters. The first kappa shape index (κ1) is 24.0. The Hall–Kier alpha value is -2.27. The molecule has 2 rings (SSSR count). The number of amides is 1. The smallest absolute Gasteiger partial charge is 0.316 e. The van der Waals surface area contributed by atoms with Gasteiger partial charge in [0.15, 0.2) is 0 Å². The van der Waals surface area contributed by atoms with Crippen LogP contribution in [0.25, 0.3) is 5.69 Å². The van der Waals surface area contributed by atoms with Crippen molar-refractivity contribution in [3.05, 3.63) is 51.3 Å². The van der Waals surface area contributed by atoms with Crippen molar-refractivity contribution >= 4 is 35.3 Å². The summed E-state index contributed by atoms with van der Waals surface area (Å²) in [5.41, 5.74) is 2.75. The van der Waals surface area contributed by atoms with Gasteiger partial charge in [-0.3, -0.25) is 4.79 Å². The second kappa shape index (κ2) is 8.10. The number of carbonyl (C=O) groups excluding carboxylic acids is 1. The fraction of sp³-hybridized carbons (Fsp3) is 0.294. The maximum Gasteiger partial charge on any atom is 0.460 e. The van der Waals surface area contributed by atoms with Gasteiger partial charge >= 0.3 is 23.9 Å². The van der Waals surface area contributed by atoms with Crippen LogP contribution >= 0.6 is 23.2 Å². The molecule has 164 valence electrons. The molecule has 0 aliphatic carbocycles. The summed E-state index contributed by atoms with van der Waals surface area (Å²) in [6.07, 6.45) is -5.81. The number of halogens is 9. The Morgan fingerprint density at radius 1 is 1.07 bits per heavy atom. The molecule has 0 spiro atoms. The fourth-order valence-corrected chi connectivity index (χ4v) is 2.87. The van der Waals surface area contributed by atoms with Gasteiger partial charge < -0.3 is 4.57 Å². The van der Waals surface area contributed by atoms with Gasteiger partial charge in [-0.05, 0) is 38.1 Å². The van der Waals surface area contributed by atoms with Gasteiger partial charge in [0.25, 0.3) is 0 Å². The Morgan fingerprint density at radius 3 is 2.23 bits per heavy atom. The predicted molar refractivity (Wildman–Crippen MR) is 96.9 cm³/mol. The topological polar surface area (TPSA) is 46.4 Å². The van der Waals surface area contributed by atoms with E-state index in [-0.39, 0.29) is 5.56 Å². The van der Waals surface area contributed by atoms with E-state index in [9.17, 15) is 35.5 Å². The molecule has 1 aromatic carbocycles. The summed E-state index contributed by atoms with van der Waals surface area (Å²) in [5, 5.41) is 3.77. The highest BCUT2D eigenvalue weighted by Gasteiger charge is 2.76. The largest absolute Gasteiger partial charge is 0.460 e. The van der Waals surface area contributed by atoms with Crippen molar-refractivity contribution in [3.8, 4) is 5.69 Å². The van der Waals surface area contributed by atoms with E-state index in [0.29, 0.717) is 27.1 Å². The van der Waals surface area contributed by atoms with Gasteiger partial charge in [0, 0.05) is 22.0 Å². The van der Waals surface area contributed by atoms with E-state index in [1.165, 1.54) is 12.1 Å². The zero-order chi connectivity index (χ0) is 23.1. The Morgan fingerprint density at radius 2 is 1.67 bits per heavy atom. The monoisotopic (exact) mass is 477 g/mol. The van der Waals surface area contributed by atoms with Crippen LogP contribution in [0, 0.1) is 13.8 Å². The van der Waals surface area contributed by atoms with Crippen LogP contribution in [0.2, 0.25) is 10.0 Å². The first-order valence-corrected chi connectivity index (χ1v) is 8.67. The summed E-state index contributed by atoms with van der Waals surface area (Å²) in [6, 6.07) is 6.13. The maximum absolute atomic E-state index is 13.3. The summed E-state index contributed by atoms with van der Waals surface area (Å²) in [4.78, 5) is 11.2. The number of aryl methyl sites for hydroxylation is 1. The van der Waals surface area contributed by atoms with Gasteiger partial charge in [0.05, 0.1) is 16.9 Å². The molecule has 13 heteroatoms. The van der Waals surface area contributed by atoms with Gasteiger partial charge in [0.1, 0.15) is 0 Å². The molecular weight excluding hydrogens is 466 g/mol. The minimum atomic E-state index is -6.63. The van der Waals surface area contributed by atoms with Gasteiger partial charge in [-0.1, -0.05) is 23.2 Å². The number of benzene rings is 1. The predicted octanol–water partition coefficient (Wildman–Crippen LogP) is 5.68. The lowest BCUT2D eigenvalue weighted by Gasteiger charge is -2.26. The van der Waals surface area contributed by atoms with Crippen molar-refractivity contribution in [1.29, 1.82) is 0 Å². The molecular formula is C17H12Cl2F7N3O. The van der Waals surface area contributed by atoms with Crippen LogP contribution < -0.4 is 5.43 Å². The van der Waals surface area contributed by atoms with Gasteiger partial charge in [-0.15, -0.1) is 0 Å². The third kappa shape index (κ3) is 4.27. The summed E-state index contributed by atoms with van der Waals surface area (Å²) < 4.78 is 90.3. The minimum absolute atomic E-state index is 0.245. The van der Waals surface area contributed by atoms with E-state index in [0.717, 1.165) is 11.6 Å². The first-order valence-electron chi connectivity index (χ1n) is 7.91. The Kier molecular flexibility index (Phi) is 6.48. The van der Waals surface area contributed by atoms with Crippen molar-refractivity contribution in [1.82, 2.24) is 9.99 Å². The van der Waals surface area contributed by atoms with E-state index in [1.807, 2.05) is 0 Å². The van der Waals surface area contributed by atoms with E-state index in [2.05, 4.69) is 5.10 Å². The molecule has 30 heavy (non-hydrogen) atoms. The summed E-state index contributed by atoms with van der Waals surface area (Å²) in [5.74, 6) is -15.5. The normalized spacial score (nSPS) is 13.2. The molecule has 0 aliphatic rings.